The number of nitrogens with zero attached hydrogens (tertiary/aromatic N) is 3. The van der Waals surface area contributed by atoms with Crippen LogP contribution in [0.5, 0.6) is 0 Å². The average molecular weight is 264 g/mol. The second-order valence-electron chi connectivity index (χ2n) is 5.64. The van der Waals surface area contributed by atoms with Gasteiger partial charge in [0.1, 0.15) is 0 Å². The summed E-state index contributed by atoms with van der Waals surface area (Å²) in [5.74, 6) is 0.813. The topological polar surface area (TPSA) is 33.1 Å². The van der Waals surface area contributed by atoms with Crippen LogP contribution in [0.1, 0.15) is 38.1 Å². The summed E-state index contributed by atoms with van der Waals surface area (Å²) in [6.45, 7) is 13.2. The first-order valence-electron chi connectivity index (χ1n) is 7.69. The Hall–Kier alpha value is -0.870. The van der Waals surface area contributed by atoms with Gasteiger partial charge in [-0.05, 0) is 58.3 Å². The zero-order valence-electron chi connectivity index (χ0n) is 12.7. The van der Waals surface area contributed by atoms with E-state index in [-0.39, 0.29) is 0 Å². The fourth-order valence-electron chi connectivity index (χ4n) is 3.04. The maximum Gasteiger partial charge on any atom is 0.0597 e. The van der Waals surface area contributed by atoms with Gasteiger partial charge in [0.2, 0.25) is 0 Å². The first kappa shape index (κ1) is 14.5. The monoisotopic (exact) mass is 264 g/mol. The van der Waals surface area contributed by atoms with Gasteiger partial charge in [-0.15, -0.1) is 0 Å². The highest BCUT2D eigenvalue weighted by Gasteiger charge is 2.20. The number of hydrogen-bond donors (Lipinski definition) is 1. The predicted octanol–water partition coefficient (Wildman–Crippen LogP) is 2.03. The molecule has 4 heteroatoms. The van der Waals surface area contributed by atoms with E-state index in [1.54, 1.807) is 0 Å². The van der Waals surface area contributed by atoms with Crippen LogP contribution in [0.25, 0.3) is 0 Å². The third kappa shape index (κ3) is 4.05. The van der Waals surface area contributed by atoms with E-state index in [0.717, 1.165) is 31.2 Å². The predicted molar refractivity (Wildman–Crippen MR) is 79.2 cm³/mol. The highest BCUT2D eigenvalue weighted by atomic mass is 15.3. The Balaban J connectivity index is 1.90. The normalized spacial score (nSPS) is 20.9. The lowest BCUT2D eigenvalue weighted by Crippen LogP contribution is -2.39. The van der Waals surface area contributed by atoms with Crippen molar-refractivity contribution in [2.24, 2.45) is 5.92 Å². The fourth-order valence-corrected chi connectivity index (χ4v) is 3.04. The van der Waals surface area contributed by atoms with E-state index in [1.807, 2.05) is 0 Å². The summed E-state index contributed by atoms with van der Waals surface area (Å²) >= 11 is 0. The lowest BCUT2D eigenvalue weighted by atomic mass is 9.98. The zero-order chi connectivity index (χ0) is 13.7. The third-order valence-corrected chi connectivity index (χ3v) is 3.96. The fraction of sp³-hybridized carbons (Fsp3) is 0.800. The molecule has 1 aromatic heterocycles. The Bertz CT molecular complexity index is 385. The van der Waals surface area contributed by atoms with Gasteiger partial charge in [-0.25, -0.2) is 0 Å². The standard InChI is InChI=1S/C15H28N4/c1-4-16-10-14-7-6-8-18(11-14)12-15-9-13(3)17-19(15)5-2/h9,14,16H,4-8,10-12H2,1-3H3. The van der Waals surface area contributed by atoms with Crippen LogP contribution in [-0.2, 0) is 13.1 Å². The molecule has 1 aliphatic rings. The molecule has 1 aromatic rings. The maximum atomic E-state index is 4.54. The molecular weight excluding hydrogens is 236 g/mol. The molecule has 1 fully saturated rings. The minimum atomic E-state index is 0.813. The number of piperidine rings is 1. The molecule has 108 valence electrons. The van der Waals surface area contributed by atoms with Gasteiger partial charge in [0.05, 0.1) is 11.4 Å². The van der Waals surface area contributed by atoms with Crippen molar-refractivity contribution in [1.82, 2.24) is 20.0 Å². The summed E-state index contributed by atoms with van der Waals surface area (Å²) in [7, 11) is 0. The number of aromatic nitrogens is 2. The van der Waals surface area contributed by atoms with Crippen molar-refractivity contribution in [2.75, 3.05) is 26.2 Å². The molecule has 0 aromatic carbocycles. The number of aryl methyl sites for hydroxylation is 2. The molecule has 0 saturated carbocycles. The number of nitrogens with one attached hydrogen (secondary N) is 1. The molecule has 0 radical (unpaired) electrons. The number of hydrogen-bond acceptors (Lipinski definition) is 3. The smallest absolute Gasteiger partial charge is 0.0597 e. The molecule has 1 N–H and O–H groups in total. The lowest BCUT2D eigenvalue weighted by Gasteiger charge is -2.32. The second kappa shape index (κ2) is 7.06. The molecule has 4 nitrogen and oxygen atoms in total. The summed E-state index contributed by atoms with van der Waals surface area (Å²) in [6, 6.07) is 2.23. The summed E-state index contributed by atoms with van der Waals surface area (Å²) in [4.78, 5) is 2.59. The molecule has 1 unspecified atom stereocenters. The molecule has 1 saturated heterocycles. The molecule has 1 atom stereocenters. The molecule has 0 amide bonds. The quantitative estimate of drug-likeness (QED) is 0.853. The summed E-state index contributed by atoms with van der Waals surface area (Å²) in [6.07, 6.45) is 2.70. The van der Waals surface area contributed by atoms with E-state index in [9.17, 15) is 0 Å². The van der Waals surface area contributed by atoms with Crippen LogP contribution >= 0.6 is 0 Å². The van der Waals surface area contributed by atoms with Crippen LogP contribution in [-0.4, -0.2) is 40.9 Å². The van der Waals surface area contributed by atoms with Gasteiger partial charge >= 0.3 is 0 Å². The van der Waals surface area contributed by atoms with Crippen molar-refractivity contribution in [2.45, 2.75) is 46.7 Å². The van der Waals surface area contributed by atoms with Gasteiger partial charge in [0.15, 0.2) is 0 Å². The molecule has 0 bridgehead atoms. The summed E-state index contributed by atoms with van der Waals surface area (Å²) in [5, 5.41) is 8.03. The van der Waals surface area contributed by atoms with Crippen LogP contribution in [0.4, 0.5) is 0 Å². The van der Waals surface area contributed by atoms with Gasteiger partial charge in [0, 0.05) is 19.6 Å². The van der Waals surface area contributed by atoms with E-state index >= 15 is 0 Å². The molecule has 0 aliphatic carbocycles. The Labute approximate surface area is 117 Å². The number of likely N-dealkylation sites (tertiary alicyclic amines) is 1. The van der Waals surface area contributed by atoms with Crippen LogP contribution in [0.3, 0.4) is 0 Å². The van der Waals surface area contributed by atoms with Crippen LogP contribution in [0.15, 0.2) is 6.07 Å². The summed E-state index contributed by atoms with van der Waals surface area (Å²) < 4.78 is 2.14. The van der Waals surface area contributed by atoms with Crippen molar-refractivity contribution in [1.29, 1.82) is 0 Å². The molecule has 0 spiro atoms. The van der Waals surface area contributed by atoms with E-state index < -0.39 is 0 Å². The van der Waals surface area contributed by atoms with Crippen molar-refractivity contribution in [3.05, 3.63) is 17.5 Å². The van der Waals surface area contributed by atoms with Crippen LogP contribution in [0, 0.1) is 12.8 Å². The minimum absolute atomic E-state index is 0.813. The Morgan fingerprint density at radius 3 is 3.00 bits per heavy atom. The third-order valence-electron chi connectivity index (χ3n) is 3.96. The van der Waals surface area contributed by atoms with Crippen LogP contribution < -0.4 is 5.32 Å². The second-order valence-corrected chi connectivity index (χ2v) is 5.64. The Morgan fingerprint density at radius 1 is 1.42 bits per heavy atom. The van der Waals surface area contributed by atoms with E-state index in [1.165, 1.54) is 38.2 Å². The highest BCUT2D eigenvalue weighted by Crippen LogP contribution is 2.18. The van der Waals surface area contributed by atoms with Gasteiger partial charge < -0.3 is 5.32 Å². The van der Waals surface area contributed by atoms with Crippen molar-refractivity contribution in [3.8, 4) is 0 Å². The van der Waals surface area contributed by atoms with E-state index in [4.69, 9.17) is 0 Å². The highest BCUT2D eigenvalue weighted by molar-refractivity contribution is 5.09. The van der Waals surface area contributed by atoms with E-state index in [2.05, 4.69) is 46.8 Å². The lowest BCUT2D eigenvalue weighted by molar-refractivity contribution is 0.162. The maximum absolute atomic E-state index is 4.54. The number of rotatable bonds is 6. The first-order chi connectivity index (χ1) is 9.22. The molecule has 2 rings (SSSR count). The first-order valence-corrected chi connectivity index (χ1v) is 7.69. The average Bonchev–Trinajstić information content (AvgIpc) is 2.77. The van der Waals surface area contributed by atoms with Gasteiger partial charge in [0.25, 0.3) is 0 Å². The molecular formula is C15H28N4. The SMILES string of the molecule is CCNCC1CCCN(Cc2cc(C)nn2CC)C1. The van der Waals surface area contributed by atoms with Crippen molar-refractivity contribution < 1.29 is 0 Å². The van der Waals surface area contributed by atoms with Gasteiger partial charge in [-0.1, -0.05) is 6.92 Å². The van der Waals surface area contributed by atoms with E-state index in [0.29, 0.717) is 0 Å². The van der Waals surface area contributed by atoms with Gasteiger partial charge in [-0.3, -0.25) is 9.58 Å². The van der Waals surface area contributed by atoms with Crippen molar-refractivity contribution in [3.63, 3.8) is 0 Å². The Morgan fingerprint density at radius 2 is 2.26 bits per heavy atom. The Kier molecular flexibility index (Phi) is 5.40. The van der Waals surface area contributed by atoms with Crippen LogP contribution in [0.2, 0.25) is 0 Å². The summed E-state index contributed by atoms with van der Waals surface area (Å²) in [5.41, 5.74) is 2.50. The molecule has 19 heavy (non-hydrogen) atoms. The van der Waals surface area contributed by atoms with Gasteiger partial charge in [-0.2, -0.15) is 5.10 Å². The largest absolute Gasteiger partial charge is 0.317 e. The molecule has 2 heterocycles. The van der Waals surface area contributed by atoms with Crippen molar-refractivity contribution >= 4 is 0 Å². The minimum Gasteiger partial charge on any atom is -0.317 e. The zero-order valence-corrected chi connectivity index (χ0v) is 12.7. The molecule has 1 aliphatic heterocycles.